The summed E-state index contributed by atoms with van der Waals surface area (Å²) < 4.78 is 4.87. The highest BCUT2D eigenvalue weighted by Crippen LogP contribution is 2.02. The van der Waals surface area contributed by atoms with E-state index in [1.165, 1.54) is 6.26 Å². The molecule has 0 saturated carbocycles. The van der Waals surface area contributed by atoms with Gasteiger partial charge in [0.1, 0.15) is 12.2 Å². The largest absolute Gasteiger partial charge is 0.481 e. The van der Waals surface area contributed by atoms with E-state index in [1.54, 1.807) is 12.1 Å². The minimum Gasteiger partial charge on any atom is -0.481 e. The van der Waals surface area contributed by atoms with E-state index < -0.39 is 12.4 Å². The van der Waals surface area contributed by atoms with E-state index in [0.29, 0.717) is 5.76 Å². The molecule has 0 atom stereocenters. The van der Waals surface area contributed by atoms with E-state index in [2.05, 4.69) is 0 Å². The lowest BCUT2D eigenvalue weighted by atomic mass is 10.2. The average molecular weight is 168 g/mol. The molecule has 0 fully saturated rings. The number of Topliss-reactive ketones (excluding diaryl/α,β-unsaturated/α-hetero) is 1. The van der Waals surface area contributed by atoms with E-state index >= 15 is 0 Å². The Balaban J connectivity index is 2.42. The maximum atomic E-state index is 10.9. The van der Waals surface area contributed by atoms with Crippen molar-refractivity contribution in [2.24, 2.45) is 0 Å². The SMILES string of the molecule is O=C(O)CC(=O)Cc1ccco1. The third-order valence-electron chi connectivity index (χ3n) is 1.30. The number of hydrogen-bond donors (Lipinski definition) is 1. The van der Waals surface area contributed by atoms with Crippen molar-refractivity contribution in [1.82, 2.24) is 0 Å². The van der Waals surface area contributed by atoms with Gasteiger partial charge in [-0.1, -0.05) is 0 Å². The summed E-state index contributed by atoms with van der Waals surface area (Å²) in [5.41, 5.74) is 0. The zero-order valence-corrected chi connectivity index (χ0v) is 6.32. The summed E-state index contributed by atoms with van der Waals surface area (Å²) in [6.45, 7) is 0. The van der Waals surface area contributed by atoms with Gasteiger partial charge in [0.25, 0.3) is 0 Å². The maximum Gasteiger partial charge on any atom is 0.310 e. The van der Waals surface area contributed by atoms with Gasteiger partial charge in [-0.05, 0) is 12.1 Å². The van der Waals surface area contributed by atoms with Crippen molar-refractivity contribution < 1.29 is 19.1 Å². The fraction of sp³-hybridized carbons (Fsp3) is 0.250. The molecule has 0 unspecified atom stereocenters. The normalized spacial score (nSPS) is 9.67. The van der Waals surface area contributed by atoms with Crippen molar-refractivity contribution >= 4 is 11.8 Å². The smallest absolute Gasteiger partial charge is 0.310 e. The Hall–Kier alpha value is -1.58. The molecule has 0 spiro atoms. The zero-order valence-electron chi connectivity index (χ0n) is 6.32. The molecule has 4 heteroatoms. The third kappa shape index (κ3) is 2.57. The molecule has 0 radical (unpaired) electrons. The molecule has 1 N–H and O–H groups in total. The summed E-state index contributed by atoms with van der Waals surface area (Å²) in [6.07, 6.45) is 1.06. The fourth-order valence-corrected chi connectivity index (χ4v) is 0.839. The van der Waals surface area contributed by atoms with Crippen LogP contribution < -0.4 is 0 Å². The van der Waals surface area contributed by atoms with Crippen LogP contribution in [0.4, 0.5) is 0 Å². The summed E-state index contributed by atoms with van der Waals surface area (Å²) in [5, 5.41) is 8.26. The fourth-order valence-electron chi connectivity index (χ4n) is 0.839. The number of carboxylic acids is 1. The number of rotatable bonds is 4. The van der Waals surface area contributed by atoms with Gasteiger partial charge >= 0.3 is 5.97 Å². The van der Waals surface area contributed by atoms with Crippen LogP contribution >= 0.6 is 0 Å². The lowest BCUT2D eigenvalue weighted by Crippen LogP contribution is -2.08. The summed E-state index contributed by atoms with van der Waals surface area (Å²) in [4.78, 5) is 21.0. The summed E-state index contributed by atoms with van der Waals surface area (Å²) in [6, 6.07) is 3.29. The molecule has 1 aromatic rings. The van der Waals surface area contributed by atoms with Crippen LogP contribution in [-0.2, 0) is 16.0 Å². The molecule has 0 aliphatic carbocycles. The van der Waals surface area contributed by atoms with Gasteiger partial charge in [0.05, 0.1) is 12.7 Å². The number of carbonyl (C=O) groups is 2. The lowest BCUT2D eigenvalue weighted by molar-refractivity contribution is -0.140. The molecule has 4 nitrogen and oxygen atoms in total. The zero-order chi connectivity index (χ0) is 8.97. The minimum atomic E-state index is -1.11. The summed E-state index contributed by atoms with van der Waals surface area (Å²) in [7, 11) is 0. The Morgan fingerprint density at radius 1 is 1.50 bits per heavy atom. The number of carboxylic acid groups (broad SMARTS) is 1. The molecule has 0 aliphatic rings. The second-order valence-corrected chi connectivity index (χ2v) is 2.37. The van der Waals surface area contributed by atoms with Crippen LogP contribution in [-0.4, -0.2) is 16.9 Å². The first kappa shape index (κ1) is 8.52. The van der Waals surface area contributed by atoms with Crippen LogP contribution in [0.2, 0.25) is 0 Å². The Kier molecular flexibility index (Phi) is 2.63. The van der Waals surface area contributed by atoms with Gasteiger partial charge in [0.2, 0.25) is 0 Å². The van der Waals surface area contributed by atoms with Gasteiger partial charge in [-0.15, -0.1) is 0 Å². The molecule has 0 saturated heterocycles. The number of ketones is 1. The first-order valence-corrected chi connectivity index (χ1v) is 3.44. The quantitative estimate of drug-likeness (QED) is 0.677. The number of aliphatic carboxylic acids is 1. The third-order valence-corrected chi connectivity index (χ3v) is 1.30. The predicted octanol–water partition coefficient (Wildman–Crippen LogP) is 0.866. The monoisotopic (exact) mass is 168 g/mol. The molecule has 0 aliphatic heterocycles. The molecule has 0 aromatic carbocycles. The number of hydrogen-bond acceptors (Lipinski definition) is 3. The van der Waals surface area contributed by atoms with Crippen LogP contribution in [0.15, 0.2) is 22.8 Å². The van der Waals surface area contributed by atoms with Crippen molar-refractivity contribution in [1.29, 1.82) is 0 Å². The van der Waals surface area contributed by atoms with E-state index in [4.69, 9.17) is 9.52 Å². The van der Waals surface area contributed by atoms with Gasteiger partial charge in [-0.2, -0.15) is 0 Å². The molecular formula is C8H8O4. The molecule has 12 heavy (non-hydrogen) atoms. The van der Waals surface area contributed by atoms with Crippen LogP contribution in [0, 0.1) is 0 Å². The Morgan fingerprint density at radius 2 is 2.25 bits per heavy atom. The van der Waals surface area contributed by atoms with Crippen molar-refractivity contribution in [3.63, 3.8) is 0 Å². The first-order chi connectivity index (χ1) is 5.68. The van der Waals surface area contributed by atoms with Gasteiger partial charge in [0, 0.05) is 0 Å². The molecule has 0 amide bonds. The Bertz CT molecular complexity index is 273. The highest BCUT2D eigenvalue weighted by molar-refractivity contribution is 5.95. The molecule has 1 aromatic heterocycles. The standard InChI is InChI=1S/C8H8O4/c9-6(5-8(10)11)4-7-2-1-3-12-7/h1-3H,4-5H2,(H,10,11). The van der Waals surface area contributed by atoms with Crippen LogP contribution in [0.3, 0.4) is 0 Å². The van der Waals surface area contributed by atoms with E-state index in [9.17, 15) is 9.59 Å². The van der Waals surface area contributed by atoms with Crippen molar-refractivity contribution in [2.75, 3.05) is 0 Å². The lowest BCUT2D eigenvalue weighted by Gasteiger charge is -1.92. The highest BCUT2D eigenvalue weighted by atomic mass is 16.4. The van der Waals surface area contributed by atoms with Crippen LogP contribution in [0.5, 0.6) is 0 Å². The summed E-state index contributed by atoms with van der Waals surface area (Å²) >= 11 is 0. The van der Waals surface area contributed by atoms with Crippen molar-refractivity contribution in [3.8, 4) is 0 Å². The summed E-state index contributed by atoms with van der Waals surface area (Å²) in [5.74, 6) is -0.953. The topological polar surface area (TPSA) is 67.5 Å². The van der Waals surface area contributed by atoms with E-state index in [1.807, 2.05) is 0 Å². The van der Waals surface area contributed by atoms with Crippen molar-refractivity contribution in [2.45, 2.75) is 12.8 Å². The minimum absolute atomic E-state index is 0.0549. The maximum absolute atomic E-state index is 10.9. The van der Waals surface area contributed by atoms with Crippen LogP contribution in [0.1, 0.15) is 12.2 Å². The second-order valence-electron chi connectivity index (χ2n) is 2.37. The Morgan fingerprint density at radius 3 is 2.75 bits per heavy atom. The van der Waals surface area contributed by atoms with E-state index in [0.717, 1.165) is 0 Å². The molecule has 1 rings (SSSR count). The average Bonchev–Trinajstić information content (AvgIpc) is 2.37. The van der Waals surface area contributed by atoms with Gasteiger partial charge in [-0.3, -0.25) is 9.59 Å². The number of carbonyl (C=O) groups excluding carboxylic acids is 1. The number of furan rings is 1. The molecular weight excluding hydrogens is 160 g/mol. The predicted molar refractivity (Wildman–Crippen MR) is 39.7 cm³/mol. The molecule has 0 bridgehead atoms. The molecule has 1 heterocycles. The van der Waals surface area contributed by atoms with E-state index in [-0.39, 0.29) is 12.2 Å². The second kappa shape index (κ2) is 3.71. The van der Waals surface area contributed by atoms with Crippen LogP contribution in [0.25, 0.3) is 0 Å². The Labute approximate surface area is 68.8 Å². The van der Waals surface area contributed by atoms with Gasteiger partial charge in [0.15, 0.2) is 5.78 Å². The van der Waals surface area contributed by atoms with Gasteiger partial charge in [-0.25, -0.2) is 0 Å². The van der Waals surface area contributed by atoms with Gasteiger partial charge < -0.3 is 9.52 Å². The first-order valence-electron chi connectivity index (χ1n) is 3.44. The van der Waals surface area contributed by atoms with Crippen molar-refractivity contribution in [3.05, 3.63) is 24.2 Å². The molecule has 64 valence electrons. The highest BCUT2D eigenvalue weighted by Gasteiger charge is 2.09.